The number of amides is 13. The molecular formula is C74H118N14O40. The van der Waals surface area contributed by atoms with Crippen molar-refractivity contribution in [2.45, 2.75) is 329 Å². The number of nitrogens with one attached hydrogen (secondary N) is 13. The fourth-order valence-corrected chi connectivity index (χ4v) is 14.0. The van der Waals surface area contributed by atoms with Crippen LogP contribution in [0.15, 0.2) is 0 Å². The van der Waals surface area contributed by atoms with Crippen molar-refractivity contribution in [1.29, 1.82) is 0 Å². The summed E-state index contributed by atoms with van der Waals surface area (Å²) in [5.41, 5.74) is 5.66. The number of carboxylic acids is 5. The number of rotatable bonds is 50. The maximum atomic E-state index is 13.9. The first-order chi connectivity index (χ1) is 59.9. The lowest BCUT2D eigenvalue weighted by Gasteiger charge is -2.48. The van der Waals surface area contributed by atoms with Crippen molar-refractivity contribution < 1.29 is 195 Å². The molecule has 54 nitrogen and oxygen atoms in total. The van der Waals surface area contributed by atoms with Crippen molar-refractivity contribution >= 4 is 107 Å². The van der Waals surface area contributed by atoms with Crippen molar-refractivity contribution in [3.8, 4) is 0 Å². The zero-order valence-corrected chi connectivity index (χ0v) is 71.3. The third-order valence-electron chi connectivity index (χ3n) is 21.0. The number of aliphatic carboxylic acids is 5. The van der Waals surface area contributed by atoms with Gasteiger partial charge in [-0.15, -0.1) is 0 Å². The monoisotopic (exact) mass is 1840 g/mol. The fraction of sp³-hybridized carbons (Fsp3) is 0.757. The van der Waals surface area contributed by atoms with Crippen LogP contribution in [0, 0.1) is 0 Å². The summed E-state index contributed by atoms with van der Waals surface area (Å²) in [6, 6.07) is -22.9. The van der Waals surface area contributed by atoms with Gasteiger partial charge in [0.1, 0.15) is 170 Å². The SMILES string of the molecule is CC(=O)NC1C(OC2C(CO)OC(O)C(NC(C)=O)C2OC(C)C(=O)NC(C)C(=O)NC(CCC(=O)NC(CCCC(N)C(=O)O)C(=O)NC(C)C(=O)NC(CCCC(NC(=O)CCC(NC(=O)C(C)NC(=O)C(C)OC2C(NC(C)=O)C3OCC(O3)C2OC2OC(CO)C(O)C(O)C2NC(C)=O)C(=O)O)C(=O)NC(C)C(=O)O)C(=O)O)C(=O)O)OC(CO)C(O)C1O. The number of carboxylic acid groups (broad SMARTS) is 5. The van der Waals surface area contributed by atoms with E-state index < -0.39 is 367 Å². The first-order valence-corrected chi connectivity index (χ1v) is 40.7. The normalized spacial score (nSPS) is 28.8. The predicted octanol–water partition coefficient (Wildman–Crippen LogP) is -13.2. The van der Waals surface area contributed by atoms with Gasteiger partial charge >= 0.3 is 29.8 Å². The second kappa shape index (κ2) is 50.6. The number of aliphatic hydroxyl groups excluding tert-OH is 8. The zero-order chi connectivity index (χ0) is 96.3. The maximum absolute atomic E-state index is 13.9. The summed E-state index contributed by atoms with van der Waals surface area (Å²) < 4.78 is 53.0. The Kier molecular flexibility index (Phi) is 42.8. The largest absolute Gasteiger partial charge is 0.480 e. The minimum atomic E-state index is -1.99. The van der Waals surface area contributed by atoms with Crippen molar-refractivity contribution in [3.05, 3.63) is 0 Å². The molecule has 5 heterocycles. The van der Waals surface area contributed by atoms with E-state index in [2.05, 4.69) is 69.1 Å². The average molecular weight is 1840 g/mol. The van der Waals surface area contributed by atoms with E-state index in [9.17, 15) is 153 Å². The van der Waals surface area contributed by atoms with Crippen molar-refractivity contribution in [1.82, 2.24) is 69.1 Å². The summed E-state index contributed by atoms with van der Waals surface area (Å²) in [4.78, 5) is 233. The molecule has 28 N–H and O–H groups in total. The Balaban J connectivity index is 1.19. The van der Waals surface area contributed by atoms with E-state index in [-0.39, 0.29) is 25.9 Å². The second-order valence-electron chi connectivity index (χ2n) is 31.2. The van der Waals surface area contributed by atoms with E-state index >= 15 is 0 Å². The van der Waals surface area contributed by atoms with Gasteiger partial charge in [0.15, 0.2) is 25.2 Å². The van der Waals surface area contributed by atoms with Gasteiger partial charge in [-0.3, -0.25) is 71.9 Å². The van der Waals surface area contributed by atoms with Crippen LogP contribution >= 0.6 is 0 Å². The summed E-state index contributed by atoms with van der Waals surface area (Å²) in [5, 5.41) is 164. The fourth-order valence-electron chi connectivity index (χ4n) is 14.0. The summed E-state index contributed by atoms with van der Waals surface area (Å²) in [6.07, 6.45) is -34.2. The number of fused-ring (bicyclic) bond motifs is 2. The minimum absolute atomic E-state index is 0.194. The molecule has 0 aliphatic carbocycles. The quantitative estimate of drug-likeness (QED) is 0.0269. The highest BCUT2D eigenvalue weighted by molar-refractivity contribution is 5.95. The molecule has 54 heteroatoms. The highest BCUT2D eigenvalue weighted by Gasteiger charge is 2.58. The molecule has 0 aromatic rings. The molecule has 128 heavy (non-hydrogen) atoms. The van der Waals surface area contributed by atoms with Gasteiger partial charge in [-0.1, -0.05) is 0 Å². The number of hydrogen-bond acceptors (Lipinski definition) is 36. The van der Waals surface area contributed by atoms with E-state index in [1.807, 2.05) is 0 Å². The van der Waals surface area contributed by atoms with Crippen LogP contribution in [0.3, 0.4) is 0 Å². The van der Waals surface area contributed by atoms with Gasteiger partial charge < -0.3 is 184 Å². The summed E-state index contributed by atoms with van der Waals surface area (Å²) in [5.74, 6) is -21.1. The number of nitrogens with two attached hydrogens (primary N) is 1. The van der Waals surface area contributed by atoms with Crippen LogP contribution in [0.4, 0.5) is 0 Å². The molecular weight excluding hydrogens is 1720 g/mol. The van der Waals surface area contributed by atoms with Gasteiger partial charge in [0.2, 0.25) is 76.8 Å². The van der Waals surface area contributed by atoms with Crippen molar-refractivity contribution in [2.75, 3.05) is 26.4 Å². The number of hydrogen-bond donors (Lipinski definition) is 27. The van der Waals surface area contributed by atoms with Crippen molar-refractivity contribution in [3.63, 3.8) is 0 Å². The van der Waals surface area contributed by atoms with Crippen LogP contribution in [-0.4, -0.2) is 395 Å². The molecule has 32 unspecified atom stereocenters. The molecule has 13 amide bonds. The molecule has 5 fully saturated rings. The molecule has 32 atom stereocenters. The average Bonchev–Trinajstić information content (AvgIpc) is 1.49. The maximum Gasteiger partial charge on any atom is 0.326 e. The summed E-state index contributed by atoms with van der Waals surface area (Å²) in [7, 11) is 0. The number of carbonyl (C=O) groups is 18. The lowest BCUT2D eigenvalue weighted by atomic mass is 9.94. The van der Waals surface area contributed by atoms with Crippen LogP contribution < -0.4 is 74.9 Å². The first kappa shape index (κ1) is 108. The molecule has 0 radical (unpaired) electrons. The highest BCUT2D eigenvalue weighted by atomic mass is 16.8. The molecule has 2 bridgehead atoms. The third kappa shape index (κ3) is 31.8. The lowest BCUT2D eigenvalue weighted by Crippen LogP contribution is -2.70. The second-order valence-corrected chi connectivity index (χ2v) is 31.2. The molecule has 0 aromatic carbocycles. The molecule has 5 aliphatic rings. The van der Waals surface area contributed by atoms with Gasteiger partial charge in [-0.25, -0.2) is 14.4 Å². The van der Waals surface area contributed by atoms with Crippen LogP contribution in [0.2, 0.25) is 0 Å². The van der Waals surface area contributed by atoms with Crippen LogP contribution in [-0.2, 0) is 129 Å². The number of ether oxygens (including phenoxy) is 9. The van der Waals surface area contributed by atoms with E-state index in [1.54, 1.807) is 0 Å². The van der Waals surface area contributed by atoms with E-state index in [1.165, 1.54) is 6.92 Å². The summed E-state index contributed by atoms with van der Waals surface area (Å²) >= 11 is 0. The molecule has 5 rings (SSSR count). The Morgan fingerprint density at radius 1 is 0.359 bits per heavy atom. The van der Waals surface area contributed by atoms with Gasteiger partial charge in [-0.2, -0.15) is 0 Å². The number of carbonyl (C=O) groups excluding carboxylic acids is 13. The van der Waals surface area contributed by atoms with Gasteiger partial charge in [0, 0.05) is 40.5 Å². The zero-order valence-electron chi connectivity index (χ0n) is 71.3. The molecule has 0 aromatic heterocycles. The molecule has 0 saturated carbocycles. The van der Waals surface area contributed by atoms with E-state index in [0.29, 0.717) is 0 Å². The van der Waals surface area contributed by atoms with Crippen molar-refractivity contribution in [2.24, 2.45) is 5.73 Å². The predicted molar refractivity (Wildman–Crippen MR) is 419 cm³/mol. The number of aliphatic hydroxyl groups is 8. The lowest BCUT2D eigenvalue weighted by molar-refractivity contribution is -0.333. The minimum Gasteiger partial charge on any atom is -0.480 e. The molecule has 0 spiro atoms. The topological polar surface area (TPSA) is 836 Å². The molecule has 724 valence electrons. The summed E-state index contributed by atoms with van der Waals surface area (Å²) in [6.45, 7) is 8.12. The smallest absolute Gasteiger partial charge is 0.326 e. The Hall–Kier alpha value is -10.3. The standard InChI is InChI=1S/C74H118N14O40/c1-25(76-62(105)29(5)121-57-49(82-33(9)94)71(119)123-43(23-91)55(57)127-73-47(80-31(7)92)53(100)51(98)41(21-89)124-73)59(102)87-39(69(115)116)17-19-45(96)84-36(14-11-13-35(75)67(111)112)64(107)78-27(3)61(104)86-38(68(113)114)16-12-15-37(65(108)79-28(4)66(109)110)85-46(97)20-18-40(70(117)118)88-60(103)26(2)77-63(106)30(6)122-58-50(83-34(10)95)72-120-24-44(126-72)56(58)128-74-48(81-32(8)93)54(101)52(99)42(22-90)125-74/h25-30,35-44,47-58,71-74,89-91,98-101,119H,11-24,75H2,1-10H3,(H,76,105)(H,77,106)(H,78,107)(H,79,108)(H,80,92)(H,81,93)(H,82,94)(H,83,95)(H,84,96)(H,85,97)(H,86,104)(H,87,102)(H,88,103)(H,109,110)(H,111,112)(H,113,114)(H,115,116)(H,117,118). The van der Waals surface area contributed by atoms with E-state index in [4.69, 9.17) is 48.4 Å². The van der Waals surface area contributed by atoms with Gasteiger partial charge in [0.25, 0.3) is 0 Å². The van der Waals surface area contributed by atoms with Crippen LogP contribution in [0.1, 0.15) is 133 Å². The van der Waals surface area contributed by atoms with Gasteiger partial charge in [0.05, 0.1) is 26.4 Å². The third-order valence-corrected chi connectivity index (χ3v) is 21.0. The van der Waals surface area contributed by atoms with E-state index in [0.717, 1.165) is 62.3 Å². The van der Waals surface area contributed by atoms with Crippen LogP contribution in [0.5, 0.6) is 0 Å². The molecule has 5 saturated heterocycles. The Morgan fingerprint density at radius 3 is 1.09 bits per heavy atom. The Morgan fingerprint density at radius 2 is 0.711 bits per heavy atom. The Labute approximate surface area is 729 Å². The van der Waals surface area contributed by atoms with Gasteiger partial charge in [-0.05, 0) is 92.9 Å². The highest BCUT2D eigenvalue weighted by Crippen LogP contribution is 2.37. The first-order valence-electron chi connectivity index (χ1n) is 40.7. The van der Waals surface area contributed by atoms with Crippen LogP contribution in [0.25, 0.3) is 0 Å². The molecule has 5 aliphatic heterocycles. The Bertz CT molecular complexity index is 3890.